The summed E-state index contributed by atoms with van der Waals surface area (Å²) in [6.45, 7) is 14.1. The first-order chi connectivity index (χ1) is 11.5. The summed E-state index contributed by atoms with van der Waals surface area (Å²) in [6.07, 6.45) is -1.50. The molecule has 0 rings (SSSR count). The molecule has 1 N–H and O–H groups in total. The van der Waals surface area contributed by atoms with Crippen LogP contribution in [0.3, 0.4) is 0 Å². The second-order valence-corrected chi connectivity index (χ2v) is 11.5. The van der Waals surface area contributed by atoms with E-state index in [2.05, 4.69) is 0 Å². The van der Waals surface area contributed by atoms with Crippen molar-refractivity contribution in [3.8, 4) is 0 Å². The zero-order chi connectivity index (χ0) is 20.8. The lowest BCUT2D eigenvalue weighted by Crippen LogP contribution is -2.44. The molecular weight excluding hydrogens is 378 g/mol. The molecule has 26 heavy (non-hydrogen) atoms. The first-order valence-corrected chi connectivity index (χ1v) is 10.6. The second kappa shape index (κ2) is 9.73. The van der Waals surface area contributed by atoms with Gasteiger partial charge in [0.1, 0.15) is 11.2 Å². The summed E-state index contributed by atoms with van der Waals surface area (Å²) in [7, 11) is 2.80. The molecule has 0 unspecified atom stereocenters. The second-order valence-electron chi connectivity index (χ2n) is 8.35. The maximum atomic E-state index is 12.3. The molecule has 0 spiro atoms. The van der Waals surface area contributed by atoms with E-state index in [-0.39, 0.29) is 13.0 Å². The highest BCUT2D eigenvalue weighted by Gasteiger charge is 2.31. The van der Waals surface area contributed by atoms with E-state index in [0.29, 0.717) is 5.75 Å². The van der Waals surface area contributed by atoms with E-state index in [1.54, 1.807) is 41.5 Å². The Bertz CT molecular complexity index is 480. The van der Waals surface area contributed by atoms with Crippen LogP contribution in [0.4, 0.5) is 9.59 Å². The molecule has 0 atom stereocenters. The standard InChI is InChI=1S/C17H31NO6S2/c1-15(2,3)23-13(21)18(14(22)24-16(4,5)6)9-10-25-26-17(7,8)11-12(19)20/h9-11H2,1-8H3,(H,19,20). The van der Waals surface area contributed by atoms with Gasteiger partial charge in [0, 0.05) is 17.0 Å². The van der Waals surface area contributed by atoms with Crippen LogP contribution in [0.1, 0.15) is 61.8 Å². The summed E-state index contributed by atoms with van der Waals surface area (Å²) < 4.78 is 10.1. The molecule has 9 heteroatoms. The van der Waals surface area contributed by atoms with Gasteiger partial charge in [0.25, 0.3) is 0 Å². The smallest absolute Gasteiger partial charge is 0.419 e. The Hall–Kier alpha value is -1.09. The van der Waals surface area contributed by atoms with E-state index < -0.39 is 34.1 Å². The van der Waals surface area contributed by atoms with Crippen molar-refractivity contribution in [2.24, 2.45) is 0 Å². The van der Waals surface area contributed by atoms with Gasteiger partial charge in [0.05, 0.1) is 6.42 Å². The van der Waals surface area contributed by atoms with Crippen molar-refractivity contribution in [1.29, 1.82) is 0 Å². The largest absolute Gasteiger partial charge is 0.481 e. The van der Waals surface area contributed by atoms with Crippen LogP contribution in [0.15, 0.2) is 0 Å². The summed E-state index contributed by atoms with van der Waals surface area (Å²) >= 11 is 0. The zero-order valence-corrected chi connectivity index (χ0v) is 18.5. The van der Waals surface area contributed by atoms with E-state index >= 15 is 0 Å². The molecule has 0 aromatic rings. The minimum atomic E-state index is -0.868. The van der Waals surface area contributed by atoms with E-state index in [1.807, 2.05) is 13.8 Å². The zero-order valence-electron chi connectivity index (χ0n) is 16.9. The van der Waals surface area contributed by atoms with Crippen molar-refractivity contribution < 1.29 is 29.0 Å². The van der Waals surface area contributed by atoms with Crippen LogP contribution in [0.25, 0.3) is 0 Å². The third-order valence-electron chi connectivity index (χ3n) is 2.49. The van der Waals surface area contributed by atoms with Crippen LogP contribution in [0, 0.1) is 0 Å². The molecule has 0 aromatic heterocycles. The van der Waals surface area contributed by atoms with Crippen molar-refractivity contribution in [1.82, 2.24) is 4.90 Å². The summed E-state index contributed by atoms with van der Waals surface area (Å²) in [5.41, 5.74) is -1.47. The number of ether oxygens (including phenoxy) is 2. The summed E-state index contributed by atoms with van der Waals surface area (Å²) in [5, 5.41) is 8.90. The fraction of sp³-hybridized carbons (Fsp3) is 0.824. The predicted octanol–water partition coefficient (Wildman–Crippen LogP) is 4.79. The average Bonchev–Trinajstić information content (AvgIpc) is 2.31. The first-order valence-electron chi connectivity index (χ1n) is 8.28. The number of hydrogen-bond donors (Lipinski definition) is 1. The van der Waals surface area contributed by atoms with Gasteiger partial charge in [-0.05, 0) is 55.4 Å². The van der Waals surface area contributed by atoms with Gasteiger partial charge in [0.15, 0.2) is 0 Å². The van der Waals surface area contributed by atoms with E-state index in [1.165, 1.54) is 21.6 Å². The number of aliphatic carboxylic acids is 1. The van der Waals surface area contributed by atoms with Crippen molar-refractivity contribution in [3.63, 3.8) is 0 Å². The number of carbonyl (C=O) groups is 3. The molecule has 0 aromatic carbocycles. The predicted molar refractivity (Wildman–Crippen MR) is 106 cm³/mol. The summed E-state index contributed by atoms with van der Waals surface area (Å²) in [5.74, 6) is -0.445. The van der Waals surface area contributed by atoms with Crippen LogP contribution < -0.4 is 0 Å². The fourth-order valence-electron chi connectivity index (χ4n) is 1.61. The Labute approximate surface area is 163 Å². The minimum Gasteiger partial charge on any atom is -0.481 e. The number of carboxylic acids is 1. The van der Waals surface area contributed by atoms with Crippen LogP contribution in [0.2, 0.25) is 0 Å². The van der Waals surface area contributed by atoms with Gasteiger partial charge in [-0.15, -0.1) is 0 Å². The highest BCUT2D eigenvalue weighted by molar-refractivity contribution is 8.77. The third kappa shape index (κ3) is 12.3. The van der Waals surface area contributed by atoms with E-state index in [4.69, 9.17) is 14.6 Å². The topological polar surface area (TPSA) is 93.1 Å². The maximum Gasteiger partial charge on any atom is 0.419 e. The first kappa shape index (κ1) is 24.9. The molecule has 0 aliphatic carbocycles. The molecule has 0 aliphatic rings. The van der Waals surface area contributed by atoms with Crippen molar-refractivity contribution in [3.05, 3.63) is 0 Å². The monoisotopic (exact) mass is 409 g/mol. The maximum absolute atomic E-state index is 12.3. The van der Waals surface area contributed by atoms with Gasteiger partial charge in [-0.3, -0.25) is 4.79 Å². The van der Waals surface area contributed by atoms with Gasteiger partial charge in [-0.2, -0.15) is 0 Å². The molecule has 152 valence electrons. The fourth-order valence-corrected chi connectivity index (χ4v) is 4.06. The number of rotatable bonds is 7. The van der Waals surface area contributed by atoms with Crippen LogP contribution >= 0.6 is 21.6 Å². The molecule has 0 fully saturated rings. The number of imide groups is 1. The molecule has 0 aliphatic heterocycles. The Morgan fingerprint density at radius 3 is 1.65 bits per heavy atom. The number of amides is 2. The lowest BCUT2D eigenvalue weighted by molar-refractivity contribution is -0.137. The molecule has 2 amide bonds. The minimum absolute atomic E-state index is 0.0203. The normalized spacial score (nSPS) is 12.5. The van der Waals surface area contributed by atoms with E-state index in [0.717, 1.165) is 4.90 Å². The molecule has 0 bridgehead atoms. The van der Waals surface area contributed by atoms with Gasteiger partial charge < -0.3 is 14.6 Å². The van der Waals surface area contributed by atoms with Crippen LogP contribution in [-0.2, 0) is 14.3 Å². The molecule has 7 nitrogen and oxygen atoms in total. The van der Waals surface area contributed by atoms with Crippen LogP contribution in [-0.4, -0.2) is 56.4 Å². The summed E-state index contributed by atoms with van der Waals surface area (Å²) in [4.78, 5) is 36.4. The highest BCUT2D eigenvalue weighted by atomic mass is 33.1. The van der Waals surface area contributed by atoms with Gasteiger partial charge in [-0.25, -0.2) is 14.5 Å². The Morgan fingerprint density at radius 2 is 1.31 bits per heavy atom. The lowest BCUT2D eigenvalue weighted by Gasteiger charge is -2.28. The Kier molecular flexibility index (Phi) is 9.32. The Balaban J connectivity index is 4.84. The number of nitrogens with zero attached hydrogens (tertiary/aromatic N) is 1. The number of carboxylic acid groups (broad SMARTS) is 1. The Morgan fingerprint density at radius 1 is 0.885 bits per heavy atom. The lowest BCUT2D eigenvalue weighted by atomic mass is 10.1. The molecular formula is C17H31NO6S2. The quantitative estimate of drug-likeness (QED) is 0.474. The molecule has 0 saturated heterocycles. The highest BCUT2D eigenvalue weighted by Crippen LogP contribution is 2.38. The SMILES string of the molecule is CC(C)(C)OC(=O)N(CCSSC(C)(C)CC(=O)O)C(=O)OC(C)(C)C. The van der Waals surface area contributed by atoms with Crippen LogP contribution in [0.5, 0.6) is 0 Å². The molecule has 0 heterocycles. The van der Waals surface area contributed by atoms with Gasteiger partial charge in [0.2, 0.25) is 0 Å². The number of hydrogen-bond acceptors (Lipinski definition) is 7. The van der Waals surface area contributed by atoms with Gasteiger partial charge >= 0.3 is 18.2 Å². The summed E-state index contributed by atoms with van der Waals surface area (Å²) in [6, 6.07) is 0. The molecule has 0 radical (unpaired) electrons. The number of carbonyl (C=O) groups excluding carboxylic acids is 2. The van der Waals surface area contributed by atoms with E-state index in [9.17, 15) is 14.4 Å². The van der Waals surface area contributed by atoms with Crippen molar-refractivity contribution in [2.75, 3.05) is 12.3 Å². The molecule has 0 saturated carbocycles. The van der Waals surface area contributed by atoms with Crippen molar-refractivity contribution in [2.45, 2.75) is 77.8 Å². The van der Waals surface area contributed by atoms with Gasteiger partial charge in [-0.1, -0.05) is 21.6 Å². The van der Waals surface area contributed by atoms with Crippen molar-refractivity contribution >= 4 is 39.7 Å². The third-order valence-corrected chi connectivity index (χ3v) is 5.76. The average molecular weight is 410 g/mol.